The number of rotatable bonds is 3. The van der Waals surface area contributed by atoms with Crippen LogP contribution in [0.1, 0.15) is 31.9 Å². The standard InChI is InChI=1S/C25H23F3N4O/c1-15-9-10-16(13-20(15)30-23(33)24(2,3)4)21-14-32-22(29-21)12-11-19(31-32)17-7-5-6-8-18(17)25(26,27)28/h5-14H,1-4H3,(H,30,33). The summed E-state index contributed by atoms with van der Waals surface area (Å²) < 4.78 is 41.8. The van der Waals surface area contributed by atoms with Crippen molar-refractivity contribution in [3.05, 3.63) is 71.9 Å². The number of anilines is 1. The first-order chi connectivity index (χ1) is 15.4. The summed E-state index contributed by atoms with van der Waals surface area (Å²) in [6, 6.07) is 14.1. The summed E-state index contributed by atoms with van der Waals surface area (Å²) >= 11 is 0. The zero-order valence-electron chi connectivity index (χ0n) is 18.7. The Labute approximate surface area is 189 Å². The van der Waals surface area contributed by atoms with Crippen LogP contribution in [0.25, 0.3) is 28.2 Å². The van der Waals surface area contributed by atoms with Crippen molar-refractivity contribution in [1.82, 2.24) is 14.6 Å². The van der Waals surface area contributed by atoms with Crippen LogP contribution in [0, 0.1) is 12.3 Å². The van der Waals surface area contributed by atoms with Gasteiger partial charge >= 0.3 is 6.18 Å². The van der Waals surface area contributed by atoms with Crippen LogP contribution in [-0.4, -0.2) is 20.5 Å². The summed E-state index contributed by atoms with van der Waals surface area (Å²) in [4.78, 5) is 17.0. The SMILES string of the molecule is Cc1ccc(-c2cn3nc(-c4ccccc4C(F)(F)F)ccc3n2)cc1NC(=O)C(C)(C)C. The van der Waals surface area contributed by atoms with Crippen molar-refractivity contribution in [2.24, 2.45) is 5.41 Å². The molecule has 2 aromatic heterocycles. The average Bonchev–Trinajstić information content (AvgIpc) is 3.17. The molecule has 4 aromatic rings. The van der Waals surface area contributed by atoms with Crippen LogP contribution in [0.2, 0.25) is 0 Å². The van der Waals surface area contributed by atoms with Gasteiger partial charge in [-0.3, -0.25) is 4.79 Å². The van der Waals surface area contributed by atoms with Crippen LogP contribution in [0.5, 0.6) is 0 Å². The number of aryl methyl sites for hydroxylation is 1. The number of hydrogen-bond donors (Lipinski definition) is 1. The lowest BCUT2D eigenvalue weighted by Gasteiger charge is -2.19. The van der Waals surface area contributed by atoms with Gasteiger partial charge in [0.2, 0.25) is 5.91 Å². The molecule has 0 fully saturated rings. The molecule has 0 saturated carbocycles. The fraction of sp³-hybridized carbons (Fsp3) is 0.240. The first kappa shape index (κ1) is 22.5. The monoisotopic (exact) mass is 452 g/mol. The summed E-state index contributed by atoms with van der Waals surface area (Å²) in [5.74, 6) is -0.104. The molecule has 0 atom stereocenters. The minimum absolute atomic E-state index is 0.00432. The zero-order chi connectivity index (χ0) is 24.0. The van der Waals surface area contributed by atoms with E-state index >= 15 is 0 Å². The molecule has 0 spiro atoms. The summed E-state index contributed by atoms with van der Waals surface area (Å²) in [7, 11) is 0. The fourth-order valence-corrected chi connectivity index (χ4v) is 3.34. The van der Waals surface area contributed by atoms with Gasteiger partial charge in [-0.1, -0.05) is 51.1 Å². The highest BCUT2D eigenvalue weighted by atomic mass is 19.4. The topological polar surface area (TPSA) is 59.3 Å². The second-order valence-corrected chi connectivity index (χ2v) is 8.92. The van der Waals surface area contributed by atoms with Gasteiger partial charge in [-0.2, -0.15) is 18.3 Å². The number of alkyl halides is 3. The van der Waals surface area contributed by atoms with E-state index in [0.717, 1.165) is 17.2 Å². The molecule has 4 rings (SSSR count). The molecule has 0 unspecified atom stereocenters. The second kappa shape index (κ2) is 8.03. The number of carbonyl (C=O) groups excluding carboxylic acids is 1. The summed E-state index contributed by atoms with van der Waals surface area (Å²) in [6.07, 6.45) is -2.82. The molecule has 0 bridgehead atoms. The molecule has 0 aliphatic heterocycles. The minimum Gasteiger partial charge on any atom is -0.325 e. The molecule has 33 heavy (non-hydrogen) atoms. The van der Waals surface area contributed by atoms with Crippen molar-refractivity contribution in [2.75, 3.05) is 5.32 Å². The van der Waals surface area contributed by atoms with E-state index in [1.807, 2.05) is 45.9 Å². The Bertz CT molecular complexity index is 1350. The number of halogens is 3. The maximum atomic E-state index is 13.4. The van der Waals surface area contributed by atoms with E-state index in [1.54, 1.807) is 18.3 Å². The van der Waals surface area contributed by atoms with Crippen LogP contribution in [0.4, 0.5) is 18.9 Å². The Morgan fingerprint density at radius 1 is 0.970 bits per heavy atom. The van der Waals surface area contributed by atoms with Gasteiger partial charge in [0.15, 0.2) is 5.65 Å². The smallest absolute Gasteiger partial charge is 0.325 e. The summed E-state index contributed by atoms with van der Waals surface area (Å²) in [6.45, 7) is 7.41. The molecule has 170 valence electrons. The number of nitrogens with zero attached hydrogens (tertiary/aromatic N) is 3. The number of carbonyl (C=O) groups is 1. The van der Waals surface area contributed by atoms with E-state index in [2.05, 4.69) is 15.4 Å². The molecular formula is C25H23F3N4O. The Hall–Kier alpha value is -3.68. The molecule has 0 radical (unpaired) electrons. The molecule has 0 saturated heterocycles. The maximum Gasteiger partial charge on any atom is 0.417 e. The molecule has 0 aliphatic carbocycles. The number of imidazole rings is 1. The lowest BCUT2D eigenvalue weighted by molar-refractivity contribution is -0.137. The van der Waals surface area contributed by atoms with Gasteiger partial charge in [0.1, 0.15) is 0 Å². The van der Waals surface area contributed by atoms with Gasteiger partial charge in [-0.15, -0.1) is 0 Å². The molecule has 1 amide bonds. The number of amides is 1. The lowest BCUT2D eigenvalue weighted by atomic mass is 9.95. The predicted octanol–water partition coefficient (Wildman–Crippen LogP) is 6.38. The number of hydrogen-bond acceptors (Lipinski definition) is 3. The zero-order valence-corrected chi connectivity index (χ0v) is 18.7. The normalized spacial score (nSPS) is 12.2. The van der Waals surface area contributed by atoms with Gasteiger partial charge in [0.05, 0.1) is 23.1 Å². The van der Waals surface area contributed by atoms with E-state index in [0.29, 0.717) is 17.0 Å². The van der Waals surface area contributed by atoms with E-state index in [9.17, 15) is 18.0 Å². The second-order valence-electron chi connectivity index (χ2n) is 8.92. The van der Waals surface area contributed by atoms with E-state index in [-0.39, 0.29) is 17.2 Å². The van der Waals surface area contributed by atoms with Crippen molar-refractivity contribution in [1.29, 1.82) is 0 Å². The summed E-state index contributed by atoms with van der Waals surface area (Å²) in [5, 5.41) is 7.32. The third-order valence-corrected chi connectivity index (χ3v) is 5.29. The van der Waals surface area contributed by atoms with Crippen LogP contribution in [0.15, 0.2) is 60.8 Å². The van der Waals surface area contributed by atoms with Crippen molar-refractivity contribution >= 4 is 17.2 Å². The van der Waals surface area contributed by atoms with Gasteiger partial charge in [-0.25, -0.2) is 9.50 Å². The lowest BCUT2D eigenvalue weighted by Crippen LogP contribution is -2.27. The highest BCUT2D eigenvalue weighted by molar-refractivity contribution is 5.95. The largest absolute Gasteiger partial charge is 0.417 e. The molecule has 5 nitrogen and oxygen atoms in total. The van der Waals surface area contributed by atoms with Gasteiger partial charge in [0.25, 0.3) is 0 Å². The molecule has 8 heteroatoms. The third kappa shape index (κ3) is 4.60. The molecule has 2 aromatic carbocycles. The molecular weight excluding hydrogens is 429 g/mol. The first-order valence-corrected chi connectivity index (χ1v) is 10.4. The van der Waals surface area contributed by atoms with Crippen LogP contribution >= 0.6 is 0 Å². The molecule has 2 heterocycles. The Balaban J connectivity index is 1.72. The quantitative estimate of drug-likeness (QED) is 0.393. The summed E-state index contributed by atoms with van der Waals surface area (Å²) in [5.41, 5.74) is 2.35. The van der Waals surface area contributed by atoms with Crippen molar-refractivity contribution < 1.29 is 18.0 Å². The number of benzene rings is 2. The van der Waals surface area contributed by atoms with E-state index in [1.165, 1.54) is 22.7 Å². The van der Waals surface area contributed by atoms with Crippen molar-refractivity contribution in [3.8, 4) is 22.5 Å². The maximum absolute atomic E-state index is 13.4. The number of nitrogens with one attached hydrogen (secondary N) is 1. The van der Waals surface area contributed by atoms with Crippen molar-refractivity contribution in [2.45, 2.75) is 33.9 Å². The Morgan fingerprint density at radius 3 is 2.39 bits per heavy atom. The minimum atomic E-state index is -4.48. The number of fused-ring (bicyclic) bond motifs is 1. The van der Waals surface area contributed by atoms with E-state index in [4.69, 9.17) is 0 Å². The third-order valence-electron chi connectivity index (χ3n) is 5.29. The van der Waals surface area contributed by atoms with Gasteiger partial charge in [0, 0.05) is 22.2 Å². The van der Waals surface area contributed by atoms with Gasteiger partial charge < -0.3 is 5.32 Å². The predicted molar refractivity (Wildman–Crippen MR) is 122 cm³/mol. The first-order valence-electron chi connectivity index (χ1n) is 10.4. The highest BCUT2D eigenvalue weighted by Gasteiger charge is 2.33. The van der Waals surface area contributed by atoms with Crippen LogP contribution < -0.4 is 5.32 Å². The number of aromatic nitrogens is 3. The van der Waals surface area contributed by atoms with Crippen LogP contribution in [0.3, 0.4) is 0 Å². The van der Waals surface area contributed by atoms with E-state index < -0.39 is 17.2 Å². The Morgan fingerprint density at radius 2 is 1.70 bits per heavy atom. The fourth-order valence-electron chi connectivity index (χ4n) is 3.34. The average molecular weight is 452 g/mol. The van der Waals surface area contributed by atoms with Crippen molar-refractivity contribution in [3.63, 3.8) is 0 Å². The Kier molecular flexibility index (Phi) is 5.47. The highest BCUT2D eigenvalue weighted by Crippen LogP contribution is 2.36. The molecule has 0 aliphatic rings. The van der Waals surface area contributed by atoms with Crippen LogP contribution in [-0.2, 0) is 11.0 Å². The molecule has 1 N–H and O–H groups in total. The van der Waals surface area contributed by atoms with Gasteiger partial charge in [-0.05, 0) is 36.8 Å².